The van der Waals surface area contributed by atoms with Crippen LogP contribution in [0.5, 0.6) is 0 Å². The monoisotopic (exact) mass is 408 g/mol. The van der Waals surface area contributed by atoms with Gasteiger partial charge < -0.3 is 20.1 Å². The fourth-order valence-corrected chi connectivity index (χ4v) is 5.20. The van der Waals surface area contributed by atoms with Gasteiger partial charge in [0.1, 0.15) is 0 Å². The van der Waals surface area contributed by atoms with Crippen LogP contribution in [0, 0.1) is 5.92 Å². The molecule has 1 saturated carbocycles. The fraction of sp³-hybridized carbons (Fsp3) is 0.957. The largest absolute Gasteiger partial charge is 0.381 e. The van der Waals surface area contributed by atoms with Gasteiger partial charge in [-0.25, -0.2) is 0 Å². The third-order valence-corrected chi connectivity index (χ3v) is 7.07. The first-order valence-corrected chi connectivity index (χ1v) is 12.2. The van der Waals surface area contributed by atoms with Gasteiger partial charge in [0.2, 0.25) is 0 Å². The molecule has 0 unspecified atom stereocenters. The first-order valence-electron chi connectivity index (χ1n) is 12.2. The van der Waals surface area contributed by atoms with Crippen molar-refractivity contribution in [2.45, 2.75) is 76.2 Å². The highest BCUT2D eigenvalue weighted by Crippen LogP contribution is 2.35. The molecule has 0 amide bonds. The molecule has 0 aromatic rings. The Balaban J connectivity index is 1.34. The number of nitrogens with zero attached hydrogens (tertiary/aromatic N) is 2. The minimum atomic E-state index is 0.336. The van der Waals surface area contributed by atoms with Crippen LogP contribution >= 0.6 is 0 Å². The van der Waals surface area contributed by atoms with Crippen LogP contribution in [0.3, 0.4) is 0 Å². The van der Waals surface area contributed by atoms with Crippen molar-refractivity contribution >= 4 is 5.96 Å². The van der Waals surface area contributed by atoms with E-state index in [0.717, 1.165) is 64.7 Å². The molecule has 1 aliphatic carbocycles. The fourth-order valence-electron chi connectivity index (χ4n) is 5.20. The zero-order chi connectivity index (χ0) is 20.2. The molecule has 2 heterocycles. The van der Waals surface area contributed by atoms with E-state index in [-0.39, 0.29) is 0 Å². The Morgan fingerprint density at radius 2 is 1.76 bits per heavy atom. The topological polar surface area (TPSA) is 58.1 Å². The van der Waals surface area contributed by atoms with Gasteiger partial charge in [-0.15, -0.1) is 0 Å². The normalized spacial score (nSPS) is 24.4. The number of piperidine rings is 1. The second kappa shape index (κ2) is 12.8. The van der Waals surface area contributed by atoms with Crippen molar-refractivity contribution in [2.75, 3.05) is 59.7 Å². The average molecular weight is 409 g/mol. The molecular formula is C23H44N4O2. The predicted molar refractivity (Wildman–Crippen MR) is 120 cm³/mol. The molecule has 2 aliphatic heterocycles. The third kappa shape index (κ3) is 7.41. The van der Waals surface area contributed by atoms with Crippen molar-refractivity contribution in [3.05, 3.63) is 0 Å². The summed E-state index contributed by atoms with van der Waals surface area (Å²) in [6.07, 6.45) is 14.2. The second-order valence-electron chi connectivity index (χ2n) is 9.17. The summed E-state index contributed by atoms with van der Waals surface area (Å²) in [5, 5.41) is 7.15. The van der Waals surface area contributed by atoms with Crippen molar-refractivity contribution in [1.29, 1.82) is 0 Å². The Hall–Kier alpha value is -0.850. The molecule has 168 valence electrons. The van der Waals surface area contributed by atoms with Gasteiger partial charge in [0.25, 0.3) is 0 Å². The van der Waals surface area contributed by atoms with Crippen LogP contribution in [-0.2, 0) is 9.47 Å². The maximum absolute atomic E-state index is 5.88. The number of rotatable bonds is 9. The second-order valence-corrected chi connectivity index (χ2v) is 9.17. The molecule has 0 radical (unpaired) electrons. The first-order chi connectivity index (χ1) is 14.3. The molecule has 3 fully saturated rings. The van der Waals surface area contributed by atoms with Crippen molar-refractivity contribution in [1.82, 2.24) is 15.5 Å². The first kappa shape index (κ1) is 22.8. The summed E-state index contributed by atoms with van der Waals surface area (Å²) in [7, 11) is 1.88. The van der Waals surface area contributed by atoms with Gasteiger partial charge >= 0.3 is 0 Å². The maximum atomic E-state index is 5.88. The Morgan fingerprint density at radius 3 is 2.48 bits per heavy atom. The van der Waals surface area contributed by atoms with Gasteiger partial charge in [0.05, 0.1) is 0 Å². The Labute approximate surface area is 178 Å². The lowest BCUT2D eigenvalue weighted by atomic mass is 9.79. The van der Waals surface area contributed by atoms with E-state index in [1.165, 1.54) is 64.5 Å². The summed E-state index contributed by atoms with van der Waals surface area (Å²) in [5.41, 5.74) is 0.336. The molecule has 0 aromatic carbocycles. The van der Waals surface area contributed by atoms with Gasteiger partial charge in [-0.2, -0.15) is 0 Å². The minimum absolute atomic E-state index is 0.336. The molecule has 2 saturated heterocycles. The van der Waals surface area contributed by atoms with E-state index in [2.05, 4.69) is 20.5 Å². The Bertz CT molecular complexity index is 467. The number of hydrogen-bond acceptors (Lipinski definition) is 4. The van der Waals surface area contributed by atoms with E-state index in [0.29, 0.717) is 11.5 Å². The molecule has 6 heteroatoms. The standard InChI is InChI=1S/C23H44N4O2/c1-24-22(25-13-8-16-29-19-21-9-17-28-18-10-21)26-20-23(11-4-2-5-12-23)27-14-6-3-7-15-27/h21H,2-20H2,1H3,(H2,24,25,26). The van der Waals surface area contributed by atoms with Gasteiger partial charge in [-0.05, 0) is 64.0 Å². The van der Waals surface area contributed by atoms with Crippen LogP contribution in [0.2, 0.25) is 0 Å². The van der Waals surface area contributed by atoms with Crippen LogP contribution < -0.4 is 10.6 Å². The summed E-state index contributed by atoms with van der Waals surface area (Å²) in [6.45, 7) is 7.98. The zero-order valence-electron chi connectivity index (χ0n) is 18.7. The van der Waals surface area contributed by atoms with Gasteiger partial charge in [-0.3, -0.25) is 9.89 Å². The summed E-state index contributed by atoms with van der Waals surface area (Å²) >= 11 is 0. The van der Waals surface area contributed by atoms with E-state index in [9.17, 15) is 0 Å². The molecule has 3 aliphatic rings. The number of hydrogen-bond donors (Lipinski definition) is 2. The lowest BCUT2D eigenvalue weighted by Gasteiger charge is -2.48. The van der Waals surface area contributed by atoms with Crippen LogP contribution in [0.25, 0.3) is 0 Å². The van der Waals surface area contributed by atoms with E-state index in [1.807, 2.05) is 7.05 Å². The van der Waals surface area contributed by atoms with Crippen LogP contribution in [0.15, 0.2) is 4.99 Å². The number of likely N-dealkylation sites (tertiary alicyclic amines) is 1. The highest BCUT2D eigenvalue weighted by Gasteiger charge is 2.38. The predicted octanol–water partition coefficient (Wildman–Crippen LogP) is 3.17. The Kier molecular flexibility index (Phi) is 10.0. The van der Waals surface area contributed by atoms with Crippen LogP contribution in [0.4, 0.5) is 0 Å². The van der Waals surface area contributed by atoms with E-state index < -0.39 is 0 Å². The quantitative estimate of drug-likeness (QED) is 0.349. The number of guanidine groups is 1. The van der Waals surface area contributed by atoms with E-state index >= 15 is 0 Å². The number of aliphatic imine (C=N–C) groups is 1. The van der Waals surface area contributed by atoms with Crippen LogP contribution in [0.1, 0.15) is 70.6 Å². The van der Waals surface area contributed by atoms with Crippen molar-refractivity contribution in [3.63, 3.8) is 0 Å². The summed E-state index contributed by atoms with van der Waals surface area (Å²) in [6, 6.07) is 0. The van der Waals surface area contributed by atoms with E-state index in [1.54, 1.807) is 0 Å². The molecular weight excluding hydrogens is 364 g/mol. The minimum Gasteiger partial charge on any atom is -0.381 e. The number of nitrogens with one attached hydrogen (secondary N) is 2. The molecule has 6 nitrogen and oxygen atoms in total. The molecule has 3 rings (SSSR count). The maximum Gasteiger partial charge on any atom is 0.191 e. The lowest BCUT2D eigenvalue weighted by Crippen LogP contribution is -2.59. The molecule has 0 spiro atoms. The lowest BCUT2D eigenvalue weighted by molar-refractivity contribution is 0.0203. The van der Waals surface area contributed by atoms with Crippen molar-refractivity contribution in [2.24, 2.45) is 10.9 Å². The zero-order valence-corrected chi connectivity index (χ0v) is 18.7. The number of ether oxygens (including phenoxy) is 2. The van der Waals surface area contributed by atoms with Gasteiger partial charge in [0.15, 0.2) is 5.96 Å². The average Bonchev–Trinajstić information content (AvgIpc) is 2.80. The summed E-state index contributed by atoms with van der Waals surface area (Å²) in [5.74, 6) is 1.63. The molecule has 0 bridgehead atoms. The molecule has 29 heavy (non-hydrogen) atoms. The van der Waals surface area contributed by atoms with E-state index in [4.69, 9.17) is 9.47 Å². The molecule has 2 N–H and O–H groups in total. The van der Waals surface area contributed by atoms with Gasteiger partial charge in [-0.1, -0.05) is 25.7 Å². The summed E-state index contributed by atoms with van der Waals surface area (Å²) in [4.78, 5) is 7.25. The van der Waals surface area contributed by atoms with Crippen LogP contribution in [-0.4, -0.2) is 76.1 Å². The van der Waals surface area contributed by atoms with Crippen molar-refractivity contribution < 1.29 is 9.47 Å². The van der Waals surface area contributed by atoms with Crippen molar-refractivity contribution in [3.8, 4) is 0 Å². The highest BCUT2D eigenvalue weighted by atomic mass is 16.5. The molecule has 0 atom stereocenters. The SMILES string of the molecule is CN=C(NCCCOCC1CCOCC1)NCC1(N2CCCCC2)CCCCC1. The third-order valence-electron chi connectivity index (χ3n) is 7.07. The van der Waals surface area contributed by atoms with Gasteiger partial charge in [0, 0.05) is 52.1 Å². The summed E-state index contributed by atoms with van der Waals surface area (Å²) < 4.78 is 11.3. The Morgan fingerprint density at radius 1 is 1.03 bits per heavy atom. The smallest absolute Gasteiger partial charge is 0.191 e. The molecule has 0 aromatic heterocycles. The highest BCUT2D eigenvalue weighted by molar-refractivity contribution is 5.79.